The number of nitrogens with one attached hydrogen (secondary N) is 1. The van der Waals surface area contributed by atoms with Crippen molar-refractivity contribution < 1.29 is 14.1 Å². The van der Waals surface area contributed by atoms with Gasteiger partial charge in [0.05, 0.1) is 7.11 Å². The zero-order valence-electron chi connectivity index (χ0n) is 13.9. The molecule has 9 nitrogen and oxygen atoms in total. The molecule has 0 fully saturated rings. The second-order valence-corrected chi connectivity index (χ2v) is 5.86. The van der Waals surface area contributed by atoms with Crippen molar-refractivity contribution >= 4 is 28.7 Å². The molecule has 4 rings (SSSR count). The molecular formula is C16H16N5O4+. The number of methoxy groups -OCH3 is 1. The number of H-pyrrole nitrogens is 1. The molecule has 2 aromatic heterocycles. The third-order valence-corrected chi connectivity index (χ3v) is 4.48. The summed E-state index contributed by atoms with van der Waals surface area (Å²) in [5, 5.41) is 0. The van der Waals surface area contributed by atoms with Gasteiger partial charge in [-0.15, -0.1) is 0 Å². The van der Waals surface area contributed by atoms with Gasteiger partial charge in [-0.25, -0.2) is 14.3 Å². The molecule has 9 heteroatoms. The van der Waals surface area contributed by atoms with Crippen LogP contribution in [0.1, 0.15) is 0 Å². The molecule has 1 amide bonds. The van der Waals surface area contributed by atoms with E-state index in [0.29, 0.717) is 28.5 Å². The van der Waals surface area contributed by atoms with Gasteiger partial charge in [0, 0.05) is 14.1 Å². The first kappa shape index (κ1) is 15.2. The third-order valence-electron chi connectivity index (χ3n) is 4.48. The lowest BCUT2D eigenvalue weighted by atomic mass is 10.3. The second kappa shape index (κ2) is 5.07. The van der Waals surface area contributed by atoms with Crippen LogP contribution in [0.3, 0.4) is 0 Å². The zero-order valence-corrected chi connectivity index (χ0v) is 13.9. The van der Waals surface area contributed by atoms with E-state index in [1.807, 2.05) is 0 Å². The van der Waals surface area contributed by atoms with Crippen LogP contribution in [0.15, 0.2) is 33.9 Å². The molecule has 0 saturated heterocycles. The molecule has 3 aromatic rings. The number of aromatic nitrogens is 4. The Labute approximate surface area is 141 Å². The predicted octanol–water partition coefficient (Wildman–Crippen LogP) is -0.460. The molecule has 1 aliphatic rings. The van der Waals surface area contributed by atoms with Crippen LogP contribution in [0.25, 0.3) is 11.2 Å². The van der Waals surface area contributed by atoms with E-state index in [-0.39, 0.29) is 12.5 Å². The summed E-state index contributed by atoms with van der Waals surface area (Å²) in [6, 6.07) is 7.02. The topological polar surface area (TPSA) is 93.2 Å². The van der Waals surface area contributed by atoms with E-state index in [4.69, 9.17) is 4.74 Å². The Kier molecular flexibility index (Phi) is 3.08. The van der Waals surface area contributed by atoms with Gasteiger partial charge < -0.3 is 4.74 Å². The van der Waals surface area contributed by atoms with Crippen molar-refractivity contribution in [3.63, 3.8) is 0 Å². The van der Waals surface area contributed by atoms with Crippen LogP contribution in [0, 0.1) is 0 Å². The summed E-state index contributed by atoms with van der Waals surface area (Å²) in [6.45, 7) is 0.0226. The van der Waals surface area contributed by atoms with Gasteiger partial charge in [-0.3, -0.25) is 18.7 Å². The molecule has 25 heavy (non-hydrogen) atoms. The average molecular weight is 342 g/mol. The summed E-state index contributed by atoms with van der Waals surface area (Å²) in [5.74, 6) is 0.953. The number of hydrogen-bond donors (Lipinski definition) is 1. The molecule has 0 saturated carbocycles. The van der Waals surface area contributed by atoms with Crippen LogP contribution in [0.2, 0.25) is 0 Å². The van der Waals surface area contributed by atoms with Crippen LogP contribution in [0.4, 0.5) is 11.6 Å². The van der Waals surface area contributed by atoms with Gasteiger partial charge in [-0.2, -0.15) is 4.90 Å². The number of benzene rings is 1. The lowest BCUT2D eigenvalue weighted by Crippen LogP contribution is -2.43. The number of carbonyl (C=O) groups excluding carboxylic acids is 1. The largest absolute Gasteiger partial charge is 0.497 e. The fourth-order valence-corrected chi connectivity index (χ4v) is 3.14. The Morgan fingerprint density at radius 1 is 1.08 bits per heavy atom. The normalized spacial score (nSPS) is 13.6. The number of nitrogens with zero attached hydrogens (tertiary/aromatic N) is 4. The van der Waals surface area contributed by atoms with Crippen molar-refractivity contribution in [2.75, 3.05) is 12.0 Å². The van der Waals surface area contributed by atoms with Gasteiger partial charge in [-0.1, -0.05) is 0 Å². The smallest absolute Gasteiger partial charge is 0.372 e. The summed E-state index contributed by atoms with van der Waals surface area (Å²) >= 11 is 0. The van der Waals surface area contributed by atoms with Crippen LogP contribution in [-0.2, 0) is 25.4 Å². The standard InChI is InChI=1S/C16H15N5O4/c1-18-13-12(14(23)19(2)16(18)24)20-8-11(22)21(15(20)17-13)9-4-6-10(25-3)7-5-9/h4-7H,8H2,1-3H3/p+1. The summed E-state index contributed by atoms with van der Waals surface area (Å²) in [6.07, 6.45) is 0. The highest BCUT2D eigenvalue weighted by Gasteiger charge is 2.41. The molecule has 0 spiro atoms. The van der Waals surface area contributed by atoms with Gasteiger partial charge >= 0.3 is 17.5 Å². The highest BCUT2D eigenvalue weighted by Crippen LogP contribution is 2.28. The maximum atomic E-state index is 12.5. The Bertz CT molecular complexity index is 1140. The van der Waals surface area contributed by atoms with E-state index in [9.17, 15) is 14.4 Å². The number of hydrogen-bond acceptors (Lipinski definition) is 4. The molecule has 0 radical (unpaired) electrons. The van der Waals surface area contributed by atoms with Crippen LogP contribution in [-0.4, -0.2) is 27.1 Å². The number of imidazole rings is 1. The predicted molar refractivity (Wildman–Crippen MR) is 89.1 cm³/mol. The van der Waals surface area contributed by atoms with Gasteiger partial charge in [0.15, 0.2) is 6.54 Å². The van der Waals surface area contributed by atoms with E-state index in [1.54, 1.807) is 43.0 Å². The fourth-order valence-electron chi connectivity index (χ4n) is 3.14. The maximum Gasteiger partial charge on any atom is 0.372 e. The fraction of sp³-hybridized carbons (Fsp3) is 0.250. The van der Waals surface area contributed by atoms with Crippen molar-refractivity contribution in [1.82, 2.24) is 14.1 Å². The first-order valence-electron chi connectivity index (χ1n) is 7.62. The lowest BCUT2D eigenvalue weighted by Gasteiger charge is -2.08. The average Bonchev–Trinajstić information content (AvgIpc) is 3.13. The van der Waals surface area contributed by atoms with Crippen LogP contribution in [0.5, 0.6) is 5.75 Å². The molecule has 1 aromatic carbocycles. The van der Waals surface area contributed by atoms with Gasteiger partial charge in [0.25, 0.3) is 5.56 Å². The molecule has 0 aliphatic carbocycles. The first-order valence-corrected chi connectivity index (χ1v) is 7.62. The third kappa shape index (κ3) is 1.95. The highest BCUT2D eigenvalue weighted by atomic mass is 16.5. The van der Waals surface area contributed by atoms with E-state index in [1.165, 1.54) is 16.5 Å². The Morgan fingerprint density at radius 3 is 2.40 bits per heavy atom. The summed E-state index contributed by atoms with van der Waals surface area (Å²) in [5.41, 5.74) is 0.453. The van der Waals surface area contributed by atoms with Gasteiger partial charge in [-0.05, 0) is 24.3 Å². The van der Waals surface area contributed by atoms with Crippen LogP contribution >= 0.6 is 0 Å². The summed E-state index contributed by atoms with van der Waals surface area (Å²) < 4.78 is 9.13. The number of rotatable bonds is 2. The molecule has 1 N–H and O–H groups in total. The van der Waals surface area contributed by atoms with Crippen molar-refractivity contribution in [2.24, 2.45) is 14.1 Å². The van der Waals surface area contributed by atoms with Crippen molar-refractivity contribution in [1.29, 1.82) is 0 Å². The number of aryl methyl sites for hydroxylation is 1. The number of anilines is 2. The number of ether oxygens (including phenoxy) is 1. The van der Waals surface area contributed by atoms with E-state index >= 15 is 0 Å². The number of amides is 1. The molecule has 3 heterocycles. The highest BCUT2D eigenvalue weighted by molar-refractivity contribution is 6.00. The van der Waals surface area contributed by atoms with E-state index in [2.05, 4.69) is 4.98 Å². The molecule has 1 aliphatic heterocycles. The van der Waals surface area contributed by atoms with Crippen molar-refractivity contribution in [3.8, 4) is 5.75 Å². The Hall–Kier alpha value is -3.36. The van der Waals surface area contributed by atoms with E-state index in [0.717, 1.165) is 4.57 Å². The number of aromatic amines is 1. The minimum absolute atomic E-state index is 0.0226. The molecular weight excluding hydrogens is 326 g/mol. The summed E-state index contributed by atoms with van der Waals surface area (Å²) in [7, 11) is 4.57. The first-order chi connectivity index (χ1) is 11.9. The van der Waals surface area contributed by atoms with E-state index < -0.39 is 11.2 Å². The van der Waals surface area contributed by atoms with Crippen molar-refractivity contribution in [2.45, 2.75) is 6.54 Å². The molecule has 0 bridgehead atoms. The minimum atomic E-state index is -0.440. The van der Waals surface area contributed by atoms with Gasteiger partial charge in [0.2, 0.25) is 11.2 Å². The number of carbonyl (C=O) groups is 1. The second-order valence-electron chi connectivity index (χ2n) is 5.86. The van der Waals surface area contributed by atoms with Crippen LogP contribution < -0.4 is 25.5 Å². The zero-order chi connectivity index (χ0) is 17.9. The summed E-state index contributed by atoms with van der Waals surface area (Å²) in [4.78, 5) is 41.7. The minimum Gasteiger partial charge on any atom is -0.497 e. The SMILES string of the molecule is COc1ccc(N2C(=O)C[n+]3c2[nH]c2c3c(=O)n(C)c(=O)n2C)cc1. The number of fused-ring (bicyclic) bond motifs is 3. The Balaban J connectivity index is 1.98. The van der Waals surface area contributed by atoms with Gasteiger partial charge in [0.1, 0.15) is 11.4 Å². The molecule has 0 atom stereocenters. The maximum absolute atomic E-state index is 12.5. The molecule has 128 valence electrons. The Morgan fingerprint density at radius 2 is 1.76 bits per heavy atom. The monoisotopic (exact) mass is 342 g/mol. The van der Waals surface area contributed by atoms with Crippen molar-refractivity contribution in [3.05, 3.63) is 45.1 Å². The molecule has 0 unspecified atom stereocenters. The lowest BCUT2D eigenvalue weighted by molar-refractivity contribution is -0.637. The quantitative estimate of drug-likeness (QED) is 0.638.